The lowest BCUT2D eigenvalue weighted by Crippen LogP contribution is -2.16. The summed E-state index contributed by atoms with van der Waals surface area (Å²) in [6.07, 6.45) is 4.43. The number of benzene rings is 1. The van der Waals surface area contributed by atoms with E-state index in [1.807, 2.05) is 30.5 Å². The van der Waals surface area contributed by atoms with Crippen LogP contribution in [0.2, 0.25) is 5.02 Å². The number of nitrogens with one attached hydrogen (secondary N) is 1. The monoisotopic (exact) mass is 305 g/mol. The second-order valence-electron chi connectivity index (χ2n) is 4.87. The second-order valence-corrected chi connectivity index (χ2v) is 6.35. The van der Waals surface area contributed by atoms with E-state index in [1.165, 1.54) is 12.8 Å². The molecule has 0 saturated heterocycles. The third kappa shape index (κ3) is 4.20. The van der Waals surface area contributed by atoms with Crippen LogP contribution in [0.15, 0.2) is 41.4 Å². The van der Waals surface area contributed by atoms with E-state index in [-0.39, 0.29) is 0 Å². The van der Waals surface area contributed by atoms with E-state index in [1.54, 1.807) is 11.8 Å². The first-order valence-corrected chi connectivity index (χ1v) is 8.08. The molecule has 20 heavy (non-hydrogen) atoms. The van der Waals surface area contributed by atoms with Crippen LogP contribution in [0.5, 0.6) is 0 Å². The van der Waals surface area contributed by atoms with Crippen LogP contribution in [0.25, 0.3) is 0 Å². The van der Waals surface area contributed by atoms with E-state index in [4.69, 9.17) is 11.6 Å². The zero-order valence-corrected chi connectivity index (χ0v) is 12.6. The van der Waals surface area contributed by atoms with Gasteiger partial charge in [0.2, 0.25) is 0 Å². The highest BCUT2D eigenvalue weighted by molar-refractivity contribution is 7.98. The van der Waals surface area contributed by atoms with Crippen molar-refractivity contribution in [3.63, 3.8) is 0 Å². The fourth-order valence-corrected chi connectivity index (χ4v) is 2.93. The van der Waals surface area contributed by atoms with Gasteiger partial charge in [-0.1, -0.05) is 17.7 Å². The average molecular weight is 306 g/mol. The molecule has 3 rings (SSSR count). The SMILES string of the molecule is Clc1cccc(SCc2nccc(CNC3CC3)n2)c1. The van der Waals surface area contributed by atoms with Crippen molar-refractivity contribution < 1.29 is 0 Å². The van der Waals surface area contributed by atoms with Crippen LogP contribution in [0.4, 0.5) is 0 Å². The van der Waals surface area contributed by atoms with Crippen LogP contribution >= 0.6 is 23.4 Å². The smallest absolute Gasteiger partial charge is 0.138 e. The topological polar surface area (TPSA) is 37.8 Å². The number of thioether (sulfide) groups is 1. The Balaban J connectivity index is 1.57. The average Bonchev–Trinajstić information content (AvgIpc) is 3.28. The normalized spacial score (nSPS) is 14.4. The fraction of sp³-hybridized carbons (Fsp3) is 0.333. The predicted molar refractivity (Wildman–Crippen MR) is 82.9 cm³/mol. The predicted octanol–water partition coefficient (Wildman–Crippen LogP) is 3.67. The zero-order chi connectivity index (χ0) is 13.8. The highest BCUT2D eigenvalue weighted by Crippen LogP contribution is 2.24. The third-order valence-corrected chi connectivity index (χ3v) is 4.30. The minimum atomic E-state index is 0.703. The number of nitrogens with zero attached hydrogens (tertiary/aromatic N) is 2. The van der Waals surface area contributed by atoms with Crippen LogP contribution in [0.3, 0.4) is 0 Å². The fourth-order valence-electron chi connectivity index (χ4n) is 1.85. The van der Waals surface area contributed by atoms with E-state index in [9.17, 15) is 0 Å². The number of rotatable bonds is 6. The maximum absolute atomic E-state index is 5.98. The van der Waals surface area contributed by atoms with E-state index >= 15 is 0 Å². The van der Waals surface area contributed by atoms with Gasteiger partial charge < -0.3 is 5.32 Å². The molecule has 1 aliphatic rings. The molecule has 0 radical (unpaired) electrons. The summed E-state index contributed by atoms with van der Waals surface area (Å²) in [6.45, 7) is 0.835. The molecule has 0 spiro atoms. The molecule has 1 heterocycles. The lowest BCUT2D eigenvalue weighted by molar-refractivity contribution is 0.670. The molecule has 1 fully saturated rings. The molecule has 5 heteroatoms. The Morgan fingerprint density at radius 3 is 3.00 bits per heavy atom. The van der Waals surface area contributed by atoms with Gasteiger partial charge in [0, 0.05) is 28.7 Å². The van der Waals surface area contributed by atoms with Gasteiger partial charge in [0.25, 0.3) is 0 Å². The molecule has 2 aromatic rings. The Morgan fingerprint density at radius 2 is 2.20 bits per heavy atom. The van der Waals surface area contributed by atoms with Crippen molar-refractivity contribution in [1.82, 2.24) is 15.3 Å². The molecule has 104 valence electrons. The lowest BCUT2D eigenvalue weighted by atomic mass is 10.4. The maximum atomic E-state index is 5.98. The first kappa shape index (κ1) is 13.9. The summed E-state index contributed by atoms with van der Waals surface area (Å²) in [7, 11) is 0. The highest BCUT2D eigenvalue weighted by atomic mass is 35.5. The summed E-state index contributed by atoms with van der Waals surface area (Å²) in [5, 5.41) is 4.23. The summed E-state index contributed by atoms with van der Waals surface area (Å²) in [6, 6.07) is 10.5. The first-order valence-electron chi connectivity index (χ1n) is 6.72. The first-order chi connectivity index (χ1) is 9.79. The standard InChI is InChI=1S/C15H16ClN3S/c16-11-2-1-3-14(8-11)20-10-15-17-7-6-13(19-15)9-18-12-4-5-12/h1-3,6-8,12,18H,4-5,9-10H2. The molecular formula is C15H16ClN3S. The van der Waals surface area contributed by atoms with Gasteiger partial charge in [-0.2, -0.15) is 0 Å². The van der Waals surface area contributed by atoms with Gasteiger partial charge >= 0.3 is 0 Å². The van der Waals surface area contributed by atoms with Crippen LogP contribution in [0, 0.1) is 0 Å². The van der Waals surface area contributed by atoms with E-state index in [0.29, 0.717) is 6.04 Å². The van der Waals surface area contributed by atoms with Crippen LogP contribution in [-0.2, 0) is 12.3 Å². The summed E-state index contributed by atoms with van der Waals surface area (Å²) >= 11 is 7.68. The molecule has 1 aliphatic carbocycles. The molecule has 0 amide bonds. The molecular weight excluding hydrogens is 290 g/mol. The van der Waals surface area contributed by atoms with Crippen molar-refractivity contribution in [2.45, 2.75) is 36.1 Å². The summed E-state index contributed by atoms with van der Waals surface area (Å²) in [5.41, 5.74) is 1.06. The Kier molecular flexibility index (Phi) is 4.55. The lowest BCUT2D eigenvalue weighted by Gasteiger charge is -2.05. The second kappa shape index (κ2) is 6.57. The van der Waals surface area contributed by atoms with Crippen molar-refractivity contribution in [1.29, 1.82) is 0 Å². The quantitative estimate of drug-likeness (QED) is 0.826. The zero-order valence-electron chi connectivity index (χ0n) is 11.1. The molecule has 1 aromatic heterocycles. The van der Waals surface area contributed by atoms with Gasteiger partial charge in [0.05, 0.1) is 11.4 Å². The van der Waals surface area contributed by atoms with Gasteiger partial charge in [-0.05, 0) is 37.1 Å². The van der Waals surface area contributed by atoms with E-state index in [0.717, 1.165) is 33.7 Å². The van der Waals surface area contributed by atoms with Crippen LogP contribution in [-0.4, -0.2) is 16.0 Å². The number of hydrogen-bond donors (Lipinski definition) is 1. The number of aromatic nitrogens is 2. The minimum Gasteiger partial charge on any atom is -0.308 e. The van der Waals surface area contributed by atoms with Gasteiger partial charge in [-0.3, -0.25) is 0 Å². The van der Waals surface area contributed by atoms with Crippen molar-refractivity contribution in [3.05, 3.63) is 53.1 Å². The van der Waals surface area contributed by atoms with Gasteiger partial charge in [0.1, 0.15) is 5.82 Å². The van der Waals surface area contributed by atoms with E-state index < -0.39 is 0 Å². The Bertz CT molecular complexity index is 587. The Hall–Kier alpha value is -1.10. The molecule has 0 unspecified atom stereocenters. The number of halogens is 1. The van der Waals surface area contributed by atoms with Crippen LogP contribution < -0.4 is 5.32 Å². The number of hydrogen-bond acceptors (Lipinski definition) is 4. The Labute approximate surface area is 128 Å². The molecule has 0 bridgehead atoms. The summed E-state index contributed by atoms with van der Waals surface area (Å²) in [4.78, 5) is 10.1. The van der Waals surface area contributed by atoms with Crippen LogP contribution in [0.1, 0.15) is 24.4 Å². The van der Waals surface area contributed by atoms with Crippen molar-refractivity contribution in [2.75, 3.05) is 0 Å². The highest BCUT2D eigenvalue weighted by Gasteiger charge is 2.20. The molecule has 3 nitrogen and oxygen atoms in total. The third-order valence-electron chi connectivity index (χ3n) is 3.08. The van der Waals surface area contributed by atoms with Crippen molar-refractivity contribution in [2.24, 2.45) is 0 Å². The van der Waals surface area contributed by atoms with Crippen molar-refractivity contribution >= 4 is 23.4 Å². The minimum absolute atomic E-state index is 0.703. The van der Waals surface area contributed by atoms with Gasteiger partial charge in [-0.25, -0.2) is 9.97 Å². The molecule has 0 aliphatic heterocycles. The molecule has 1 aromatic carbocycles. The summed E-state index contributed by atoms with van der Waals surface area (Å²) < 4.78 is 0. The largest absolute Gasteiger partial charge is 0.308 e. The Morgan fingerprint density at radius 1 is 1.30 bits per heavy atom. The molecule has 0 atom stereocenters. The molecule has 1 saturated carbocycles. The van der Waals surface area contributed by atoms with Crippen molar-refractivity contribution in [3.8, 4) is 0 Å². The molecule has 1 N–H and O–H groups in total. The summed E-state index contributed by atoms with van der Waals surface area (Å²) in [5.74, 6) is 1.63. The van der Waals surface area contributed by atoms with E-state index in [2.05, 4.69) is 21.4 Å². The van der Waals surface area contributed by atoms with Gasteiger partial charge in [-0.15, -0.1) is 11.8 Å². The maximum Gasteiger partial charge on any atom is 0.138 e. The van der Waals surface area contributed by atoms with Gasteiger partial charge in [0.15, 0.2) is 0 Å².